The molecule has 0 bridgehead atoms. The minimum atomic E-state index is -3.09. The number of piperidine rings is 1. The number of hydrogen-bond donors (Lipinski definition) is 2. The number of nitrogens with zero attached hydrogens (tertiary/aromatic N) is 2. The second-order valence-corrected chi connectivity index (χ2v) is 14.8. The van der Waals surface area contributed by atoms with E-state index in [0.717, 1.165) is 11.1 Å². The third-order valence-corrected chi connectivity index (χ3v) is 9.30. The number of likely N-dealkylation sites (tertiary alicyclic amines) is 1. The molecule has 0 radical (unpaired) electrons. The van der Waals surface area contributed by atoms with E-state index in [2.05, 4.69) is 37.1 Å². The molecular formula is C42H56ClF3N4O4. The molecule has 54 heavy (non-hydrogen) atoms. The first kappa shape index (κ1) is 45.9. The number of rotatable bonds is 8. The number of amides is 1. The molecule has 12 heteroatoms. The monoisotopic (exact) mass is 772 g/mol. The van der Waals surface area contributed by atoms with Crippen molar-refractivity contribution in [1.82, 2.24) is 10.2 Å². The number of anilines is 1. The Labute approximate surface area is 324 Å². The fraction of sp³-hybridized carbons (Fsp3) is 0.500. The van der Waals surface area contributed by atoms with Crippen LogP contribution in [0.4, 0.5) is 23.7 Å². The number of nitriles is 1. The molecule has 0 unspecified atom stereocenters. The molecule has 1 atom stereocenters. The number of nitrogen functional groups attached to an aromatic ring is 1. The normalized spacial score (nSPS) is 16.4. The van der Waals surface area contributed by atoms with Gasteiger partial charge < -0.3 is 30.2 Å². The van der Waals surface area contributed by atoms with Gasteiger partial charge in [-0.05, 0) is 101 Å². The zero-order chi connectivity index (χ0) is 40.7. The number of fused-ring (bicyclic) bond motifs is 1. The first-order chi connectivity index (χ1) is 25.4. The molecular weight excluding hydrogens is 717 g/mol. The number of carbonyl (C=O) groups is 2. The number of nitrogens with one attached hydrogen (secondary N) is 1. The van der Waals surface area contributed by atoms with Gasteiger partial charge in [0.2, 0.25) is 0 Å². The van der Waals surface area contributed by atoms with Crippen molar-refractivity contribution in [3.05, 3.63) is 81.6 Å². The highest BCUT2D eigenvalue weighted by molar-refractivity contribution is 6.34. The molecule has 3 aromatic rings. The molecule has 3 N–H and O–H groups in total. The van der Waals surface area contributed by atoms with E-state index < -0.39 is 36.4 Å². The minimum Gasteiger partial charge on any atom is -0.495 e. The molecule has 5 rings (SSSR count). The number of halogens is 4. The van der Waals surface area contributed by atoms with Crippen molar-refractivity contribution in [1.29, 1.82) is 5.26 Å². The number of aldehydes is 1. The van der Waals surface area contributed by atoms with Crippen molar-refractivity contribution in [2.75, 3.05) is 39.5 Å². The number of ether oxygens (including phenoxy) is 2. The lowest BCUT2D eigenvalue weighted by molar-refractivity contribution is -0.109. The van der Waals surface area contributed by atoms with Crippen molar-refractivity contribution >= 4 is 29.7 Å². The smallest absolute Gasteiger partial charge is 0.407 e. The average Bonchev–Trinajstić information content (AvgIpc) is 3.48. The van der Waals surface area contributed by atoms with Gasteiger partial charge in [0, 0.05) is 29.4 Å². The van der Waals surface area contributed by atoms with E-state index in [9.17, 15) is 28.0 Å². The van der Waals surface area contributed by atoms with Gasteiger partial charge in [0.05, 0.1) is 36.0 Å². The van der Waals surface area contributed by atoms with Crippen molar-refractivity contribution in [2.45, 2.75) is 103 Å². The maximum Gasteiger partial charge on any atom is 0.407 e. The van der Waals surface area contributed by atoms with E-state index in [-0.39, 0.29) is 22.5 Å². The predicted octanol–water partition coefficient (Wildman–Crippen LogP) is 9.92. The van der Waals surface area contributed by atoms with Crippen LogP contribution in [0.1, 0.15) is 95.9 Å². The van der Waals surface area contributed by atoms with Crippen LogP contribution in [0.3, 0.4) is 0 Å². The van der Waals surface area contributed by atoms with Crippen LogP contribution in [0.15, 0.2) is 48.5 Å². The minimum absolute atomic E-state index is 0.0162. The van der Waals surface area contributed by atoms with Crippen LogP contribution in [0.2, 0.25) is 5.02 Å². The van der Waals surface area contributed by atoms with Crippen molar-refractivity contribution < 1.29 is 32.2 Å². The standard InChI is InChI=1S/C24H20ClFN2O.C10H17F2NO3.C6H13N.C2H6/c1-24(16-6-4-3-5-7-16)11-15-10-18(26)22(25)21(17(15)12-24)20-14(13-27)8-9-19(29-2)23(20)28;1-9(2,3)16-8(15)13-7-10(11,12)5-4-6-14;1-7-5-3-2-4-6-7;1-2/h3-10H,11-12,28H2,1-2H3;6H,4-5,7H2,1-3H3,(H,13,15);2-6H2,1H3;1-2H3/t24-;;;/m0.../s1. The third-order valence-electron chi connectivity index (χ3n) is 8.93. The summed E-state index contributed by atoms with van der Waals surface area (Å²) in [5.74, 6) is -3.17. The van der Waals surface area contributed by atoms with Gasteiger partial charge in [0.25, 0.3) is 5.92 Å². The molecule has 1 aliphatic heterocycles. The fourth-order valence-corrected chi connectivity index (χ4v) is 6.58. The third kappa shape index (κ3) is 13.2. The summed E-state index contributed by atoms with van der Waals surface area (Å²) in [5, 5.41) is 11.6. The van der Waals surface area contributed by atoms with Crippen molar-refractivity contribution in [3.8, 4) is 22.9 Å². The van der Waals surface area contributed by atoms with Gasteiger partial charge in [0.1, 0.15) is 23.5 Å². The molecule has 1 fully saturated rings. The number of nitrogens with two attached hydrogens (primary N) is 1. The Kier molecular flexibility index (Phi) is 17.8. The molecule has 2 aliphatic rings. The quantitative estimate of drug-likeness (QED) is 0.173. The van der Waals surface area contributed by atoms with Gasteiger partial charge in [0.15, 0.2) is 0 Å². The summed E-state index contributed by atoms with van der Waals surface area (Å²) in [5.41, 5.74) is 9.97. The summed E-state index contributed by atoms with van der Waals surface area (Å²) >= 11 is 6.47. The van der Waals surface area contributed by atoms with Crippen LogP contribution in [0.25, 0.3) is 11.1 Å². The number of methoxy groups -OCH3 is 1. The summed E-state index contributed by atoms with van der Waals surface area (Å²) in [6.07, 6.45) is 4.34. The maximum absolute atomic E-state index is 14.8. The summed E-state index contributed by atoms with van der Waals surface area (Å²) in [6.45, 7) is 12.9. The van der Waals surface area contributed by atoms with E-state index in [1.807, 2.05) is 37.4 Å². The summed E-state index contributed by atoms with van der Waals surface area (Å²) in [7, 11) is 3.70. The summed E-state index contributed by atoms with van der Waals surface area (Å²) in [6, 6.07) is 17.1. The number of alkyl carbamates (subject to hydrolysis) is 1. The van der Waals surface area contributed by atoms with E-state index in [0.29, 0.717) is 41.6 Å². The highest BCUT2D eigenvalue weighted by atomic mass is 35.5. The number of benzene rings is 3. The Morgan fingerprint density at radius 1 is 1.07 bits per heavy atom. The van der Waals surface area contributed by atoms with Gasteiger partial charge in [-0.2, -0.15) is 5.26 Å². The summed E-state index contributed by atoms with van der Waals surface area (Å²) in [4.78, 5) is 23.4. The molecule has 3 aromatic carbocycles. The Bertz CT molecular complexity index is 1720. The first-order valence-corrected chi connectivity index (χ1v) is 18.7. The van der Waals surface area contributed by atoms with Crippen LogP contribution in [0.5, 0.6) is 5.75 Å². The molecule has 1 saturated heterocycles. The molecule has 296 valence electrons. The van der Waals surface area contributed by atoms with Crippen LogP contribution >= 0.6 is 11.6 Å². The lowest BCUT2D eigenvalue weighted by Crippen LogP contribution is -2.39. The Hall–Kier alpha value is -4.27. The van der Waals surface area contributed by atoms with Crippen LogP contribution in [0, 0.1) is 17.1 Å². The van der Waals surface area contributed by atoms with Gasteiger partial charge >= 0.3 is 6.09 Å². The molecule has 8 nitrogen and oxygen atoms in total. The molecule has 1 amide bonds. The number of alkyl halides is 2. The highest BCUT2D eigenvalue weighted by Gasteiger charge is 2.38. The number of hydrogen-bond acceptors (Lipinski definition) is 7. The SMILES string of the molecule is CC.CC(C)(C)OC(=O)NCC(F)(F)CCC=O.CN1CCCCC1.COc1ccc(C#N)c(-c2c(Cl)c(F)cc3c2C[C@@](C)(c2ccccc2)C3)c1N. The summed E-state index contributed by atoms with van der Waals surface area (Å²) < 4.78 is 50.9. The fourth-order valence-electron chi connectivity index (χ4n) is 6.32. The Morgan fingerprint density at radius 2 is 1.70 bits per heavy atom. The average molecular weight is 773 g/mol. The van der Waals surface area contributed by atoms with Gasteiger partial charge in [-0.25, -0.2) is 18.0 Å². The Balaban J connectivity index is 0.000000338. The largest absolute Gasteiger partial charge is 0.495 e. The van der Waals surface area contributed by atoms with Gasteiger partial charge in [-0.1, -0.05) is 69.1 Å². The lowest BCUT2D eigenvalue weighted by atomic mass is 9.79. The van der Waals surface area contributed by atoms with Crippen molar-refractivity contribution in [2.24, 2.45) is 0 Å². The van der Waals surface area contributed by atoms with Gasteiger partial charge in [-0.15, -0.1) is 0 Å². The van der Waals surface area contributed by atoms with Crippen LogP contribution in [-0.4, -0.2) is 62.6 Å². The topological polar surface area (TPSA) is 118 Å². The maximum atomic E-state index is 14.8. The zero-order valence-electron chi connectivity index (χ0n) is 32.9. The zero-order valence-corrected chi connectivity index (χ0v) is 33.6. The van der Waals surface area contributed by atoms with Gasteiger partial charge in [-0.3, -0.25) is 0 Å². The lowest BCUT2D eigenvalue weighted by Gasteiger charge is -2.24. The second kappa shape index (κ2) is 21.0. The number of carbonyl (C=O) groups excluding carboxylic acids is 2. The van der Waals surface area contributed by atoms with Crippen LogP contribution < -0.4 is 15.8 Å². The highest BCUT2D eigenvalue weighted by Crippen LogP contribution is 2.49. The molecule has 0 saturated carbocycles. The first-order valence-electron chi connectivity index (χ1n) is 18.3. The molecule has 1 heterocycles. The molecule has 0 spiro atoms. The van der Waals surface area contributed by atoms with E-state index in [1.165, 1.54) is 51.1 Å². The Morgan fingerprint density at radius 3 is 2.22 bits per heavy atom. The second-order valence-electron chi connectivity index (χ2n) is 14.5. The van der Waals surface area contributed by atoms with E-state index >= 15 is 0 Å². The predicted molar refractivity (Wildman–Crippen MR) is 211 cm³/mol. The van der Waals surface area contributed by atoms with E-state index in [1.54, 1.807) is 32.9 Å². The molecule has 1 aliphatic carbocycles. The van der Waals surface area contributed by atoms with Crippen molar-refractivity contribution in [3.63, 3.8) is 0 Å². The van der Waals surface area contributed by atoms with Crippen LogP contribution in [-0.2, 0) is 27.8 Å². The molecule has 0 aromatic heterocycles. The van der Waals surface area contributed by atoms with E-state index in [4.69, 9.17) is 26.8 Å².